The summed E-state index contributed by atoms with van der Waals surface area (Å²) in [6, 6.07) is 10.4. The van der Waals surface area contributed by atoms with Gasteiger partial charge >= 0.3 is 0 Å². The zero-order chi connectivity index (χ0) is 18.3. The van der Waals surface area contributed by atoms with Crippen molar-refractivity contribution in [3.8, 4) is 0 Å². The van der Waals surface area contributed by atoms with Crippen LogP contribution in [0.4, 0.5) is 5.69 Å². The number of H-pyrrole nitrogens is 1. The molecule has 0 saturated carbocycles. The van der Waals surface area contributed by atoms with Crippen LogP contribution in [0, 0.1) is 6.92 Å². The van der Waals surface area contributed by atoms with Gasteiger partial charge in [0.05, 0.1) is 18.2 Å². The van der Waals surface area contributed by atoms with Crippen LogP contribution in [-0.2, 0) is 16.1 Å². The molecular formula is C18H17N5O3. The van der Waals surface area contributed by atoms with Crippen LogP contribution < -0.4 is 16.2 Å². The molecule has 1 aromatic carbocycles. The fourth-order valence-electron chi connectivity index (χ4n) is 3.20. The summed E-state index contributed by atoms with van der Waals surface area (Å²) in [7, 11) is 0. The molecule has 8 nitrogen and oxygen atoms in total. The molecule has 26 heavy (non-hydrogen) atoms. The first-order chi connectivity index (χ1) is 12.5. The topological polar surface area (TPSA) is 108 Å². The number of amides is 2. The van der Waals surface area contributed by atoms with Gasteiger partial charge in [0, 0.05) is 29.9 Å². The molecule has 3 aromatic rings. The normalized spacial score (nSPS) is 16.2. The molecule has 3 N–H and O–H groups in total. The van der Waals surface area contributed by atoms with Crippen LogP contribution in [-0.4, -0.2) is 26.4 Å². The number of carbonyl (C=O) groups excluding carboxylic acids is 2. The predicted molar refractivity (Wildman–Crippen MR) is 94.8 cm³/mol. The van der Waals surface area contributed by atoms with Gasteiger partial charge in [0.15, 0.2) is 5.65 Å². The Balaban J connectivity index is 1.54. The maximum Gasteiger partial charge on any atom is 0.272 e. The monoisotopic (exact) mass is 351 g/mol. The Hall–Kier alpha value is -3.42. The quantitative estimate of drug-likeness (QED) is 0.656. The summed E-state index contributed by atoms with van der Waals surface area (Å²) in [4.78, 5) is 40.9. The first-order valence-electron chi connectivity index (χ1n) is 8.26. The molecule has 132 valence electrons. The molecule has 2 amide bonds. The molecule has 0 fully saturated rings. The number of carbonyl (C=O) groups is 2. The van der Waals surface area contributed by atoms with Crippen molar-refractivity contribution in [2.24, 2.45) is 0 Å². The number of aryl methyl sites for hydroxylation is 1. The second kappa shape index (κ2) is 6.14. The van der Waals surface area contributed by atoms with Gasteiger partial charge in [-0.2, -0.15) is 0 Å². The molecule has 0 saturated heterocycles. The Morgan fingerprint density at radius 1 is 1.31 bits per heavy atom. The van der Waals surface area contributed by atoms with Gasteiger partial charge < -0.3 is 10.6 Å². The Bertz CT molecular complexity index is 1080. The molecule has 3 heterocycles. The molecule has 1 aliphatic heterocycles. The zero-order valence-electron chi connectivity index (χ0n) is 14.1. The molecule has 2 aromatic heterocycles. The van der Waals surface area contributed by atoms with Gasteiger partial charge in [0.25, 0.3) is 5.56 Å². The summed E-state index contributed by atoms with van der Waals surface area (Å²) in [6.07, 6.45) is 0.0922. The van der Waals surface area contributed by atoms with Crippen LogP contribution in [0.3, 0.4) is 0 Å². The van der Waals surface area contributed by atoms with E-state index in [1.54, 1.807) is 12.1 Å². The van der Waals surface area contributed by atoms with E-state index < -0.39 is 5.92 Å². The van der Waals surface area contributed by atoms with E-state index in [2.05, 4.69) is 20.7 Å². The summed E-state index contributed by atoms with van der Waals surface area (Å²) in [6.45, 7) is 1.95. The van der Waals surface area contributed by atoms with E-state index in [4.69, 9.17) is 0 Å². The number of hydrogen-bond donors (Lipinski definition) is 3. The first kappa shape index (κ1) is 16.1. The van der Waals surface area contributed by atoms with Gasteiger partial charge in [-0.1, -0.05) is 18.2 Å². The molecular weight excluding hydrogens is 334 g/mol. The van der Waals surface area contributed by atoms with Gasteiger partial charge in [-0.3, -0.25) is 19.5 Å². The molecule has 0 bridgehead atoms. The van der Waals surface area contributed by atoms with Crippen molar-refractivity contribution in [3.05, 3.63) is 63.7 Å². The van der Waals surface area contributed by atoms with Crippen LogP contribution in [0.1, 0.15) is 29.3 Å². The van der Waals surface area contributed by atoms with Crippen LogP contribution >= 0.6 is 0 Å². The minimum Gasteiger partial charge on any atom is -0.350 e. The smallest absolute Gasteiger partial charge is 0.272 e. The number of aromatic nitrogens is 3. The van der Waals surface area contributed by atoms with Gasteiger partial charge in [0.1, 0.15) is 0 Å². The third-order valence-corrected chi connectivity index (χ3v) is 4.39. The number of nitrogens with zero attached hydrogens (tertiary/aromatic N) is 2. The number of nitrogens with one attached hydrogen (secondary N) is 3. The summed E-state index contributed by atoms with van der Waals surface area (Å²) in [5, 5.41) is 8.45. The van der Waals surface area contributed by atoms with Crippen LogP contribution in [0.2, 0.25) is 0 Å². The lowest BCUT2D eigenvalue weighted by Gasteiger charge is -2.24. The molecule has 1 atom stereocenters. The van der Waals surface area contributed by atoms with Gasteiger partial charge in [-0.05, 0) is 18.6 Å². The lowest BCUT2D eigenvalue weighted by atomic mass is 9.90. The second-order valence-corrected chi connectivity index (χ2v) is 6.33. The lowest BCUT2D eigenvalue weighted by Crippen LogP contribution is -2.35. The number of aromatic amines is 1. The summed E-state index contributed by atoms with van der Waals surface area (Å²) in [5.41, 5.74) is 2.99. The van der Waals surface area contributed by atoms with E-state index >= 15 is 0 Å². The molecule has 0 aliphatic carbocycles. The van der Waals surface area contributed by atoms with E-state index in [0.717, 1.165) is 11.3 Å². The number of anilines is 1. The van der Waals surface area contributed by atoms with Gasteiger partial charge in [0.2, 0.25) is 11.8 Å². The van der Waals surface area contributed by atoms with E-state index in [1.807, 2.05) is 25.1 Å². The third kappa shape index (κ3) is 2.85. The maximum atomic E-state index is 12.6. The number of hydrogen-bond acceptors (Lipinski definition) is 4. The third-order valence-electron chi connectivity index (χ3n) is 4.39. The molecule has 0 unspecified atom stereocenters. The van der Waals surface area contributed by atoms with Gasteiger partial charge in [-0.25, -0.2) is 9.50 Å². The Kier molecular flexibility index (Phi) is 3.80. The van der Waals surface area contributed by atoms with Crippen molar-refractivity contribution in [1.29, 1.82) is 0 Å². The van der Waals surface area contributed by atoms with Crippen molar-refractivity contribution in [2.75, 3.05) is 5.32 Å². The fraction of sp³-hybridized carbons (Fsp3) is 0.222. The van der Waals surface area contributed by atoms with Crippen molar-refractivity contribution in [1.82, 2.24) is 19.9 Å². The number of rotatable bonds is 3. The standard InChI is InChI=1S/C18H17N5O3/c1-10-6-15-20-11(7-17(25)23(15)22-10)9-19-18(26)13-8-16(24)21-14-5-3-2-4-12(13)14/h2-7,13,22H,8-9H2,1H3,(H,19,26)(H,21,24)/t13-/m0/s1. The van der Waals surface area contributed by atoms with Crippen LogP contribution in [0.25, 0.3) is 5.65 Å². The minimum atomic E-state index is -0.556. The average Bonchev–Trinajstić information content (AvgIpc) is 3.00. The summed E-state index contributed by atoms with van der Waals surface area (Å²) < 4.78 is 1.35. The lowest BCUT2D eigenvalue weighted by molar-refractivity contribution is -0.126. The van der Waals surface area contributed by atoms with Crippen molar-refractivity contribution < 1.29 is 9.59 Å². The highest BCUT2D eigenvalue weighted by atomic mass is 16.2. The number of fused-ring (bicyclic) bond motifs is 2. The van der Waals surface area contributed by atoms with E-state index in [9.17, 15) is 14.4 Å². The first-order valence-corrected chi connectivity index (χ1v) is 8.26. The Labute approximate surface area is 148 Å². The van der Waals surface area contributed by atoms with E-state index in [1.165, 1.54) is 10.6 Å². The predicted octanol–water partition coefficient (Wildman–Crippen LogP) is 1.07. The largest absolute Gasteiger partial charge is 0.350 e. The Morgan fingerprint density at radius 3 is 2.96 bits per heavy atom. The highest BCUT2D eigenvalue weighted by Crippen LogP contribution is 2.31. The van der Waals surface area contributed by atoms with Crippen LogP contribution in [0.15, 0.2) is 41.2 Å². The Morgan fingerprint density at radius 2 is 2.12 bits per heavy atom. The molecule has 8 heteroatoms. The molecule has 1 aliphatic rings. The van der Waals surface area contributed by atoms with Crippen molar-refractivity contribution in [2.45, 2.75) is 25.8 Å². The van der Waals surface area contributed by atoms with E-state index in [0.29, 0.717) is 17.0 Å². The zero-order valence-corrected chi connectivity index (χ0v) is 14.1. The highest BCUT2D eigenvalue weighted by molar-refractivity contribution is 6.01. The van der Waals surface area contributed by atoms with Gasteiger partial charge in [-0.15, -0.1) is 0 Å². The van der Waals surface area contributed by atoms with Crippen LogP contribution in [0.5, 0.6) is 0 Å². The highest BCUT2D eigenvalue weighted by Gasteiger charge is 2.30. The maximum absolute atomic E-state index is 12.6. The fourth-order valence-corrected chi connectivity index (χ4v) is 3.20. The van der Waals surface area contributed by atoms with Crippen molar-refractivity contribution in [3.63, 3.8) is 0 Å². The average molecular weight is 351 g/mol. The molecule has 4 rings (SSSR count). The van der Waals surface area contributed by atoms with Crippen molar-refractivity contribution >= 4 is 23.1 Å². The second-order valence-electron chi connectivity index (χ2n) is 6.33. The van der Waals surface area contributed by atoms with E-state index in [-0.39, 0.29) is 30.3 Å². The summed E-state index contributed by atoms with van der Waals surface area (Å²) in [5.74, 6) is -1.01. The number of benzene rings is 1. The minimum absolute atomic E-state index is 0.0922. The molecule has 0 spiro atoms. The SMILES string of the molecule is Cc1cc2nc(CNC(=O)[C@H]3CC(=O)Nc4ccccc43)cc(=O)n2[nH]1. The summed E-state index contributed by atoms with van der Waals surface area (Å²) >= 11 is 0. The number of para-hydroxylation sites is 1. The molecule has 0 radical (unpaired) electrons.